The Morgan fingerprint density at radius 3 is 1.98 bits per heavy atom. The third-order valence-electron chi connectivity index (χ3n) is 7.94. The fraction of sp³-hybridized carbons (Fsp3) is 0.300. The van der Waals surface area contributed by atoms with Crippen molar-refractivity contribution in [2.45, 2.75) is 76.8 Å². The van der Waals surface area contributed by atoms with Crippen molar-refractivity contribution in [2.24, 2.45) is 0 Å². The second-order valence-corrected chi connectivity index (χ2v) is 13.2. The number of ether oxygens (including phenoxy) is 3. The van der Waals surface area contributed by atoms with E-state index >= 15 is 0 Å². The van der Waals surface area contributed by atoms with E-state index in [1.165, 1.54) is 0 Å². The molecule has 0 aromatic heterocycles. The Balaban J connectivity index is 1.49. The lowest BCUT2D eigenvalue weighted by atomic mass is 10.0. The van der Waals surface area contributed by atoms with Crippen molar-refractivity contribution < 1.29 is 33.4 Å². The largest absolute Gasteiger partial charge is 0.459 e. The SMILES string of the molecule is CC(C)(C)OC(=O)N[C@H]1Cc2cccc(c2)Oc2cccc(c2)C[C@@H](C(=O)OCc2ccccc2)NC(=O)[C@H](CCc2ccccc2)NC1=O. The van der Waals surface area contributed by atoms with Gasteiger partial charge in [0.05, 0.1) is 0 Å². The fourth-order valence-electron chi connectivity index (χ4n) is 5.53. The number of rotatable bonds is 7. The van der Waals surface area contributed by atoms with Gasteiger partial charge in [-0.15, -0.1) is 0 Å². The molecule has 4 bridgehead atoms. The fourth-order valence-corrected chi connectivity index (χ4v) is 5.53. The summed E-state index contributed by atoms with van der Waals surface area (Å²) < 4.78 is 17.3. The van der Waals surface area contributed by atoms with E-state index in [0.717, 1.165) is 16.7 Å². The van der Waals surface area contributed by atoms with E-state index in [4.69, 9.17) is 14.2 Å². The molecule has 260 valence electrons. The van der Waals surface area contributed by atoms with Crippen LogP contribution in [0.4, 0.5) is 4.79 Å². The Labute approximate surface area is 292 Å². The number of alkyl carbamates (subject to hydrolysis) is 1. The smallest absolute Gasteiger partial charge is 0.408 e. The first-order valence-corrected chi connectivity index (χ1v) is 16.7. The molecule has 0 unspecified atom stereocenters. The van der Waals surface area contributed by atoms with Crippen LogP contribution in [0.1, 0.15) is 49.4 Å². The van der Waals surface area contributed by atoms with E-state index in [2.05, 4.69) is 16.0 Å². The minimum Gasteiger partial charge on any atom is -0.459 e. The van der Waals surface area contributed by atoms with E-state index in [9.17, 15) is 19.2 Å². The summed E-state index contributed by atoms with van der Waals surface area (Å²) >= 11 is 0. The van der Waals surface area contributed by atoms with Crippen LogP contribution < -0.4 is 20.7 Å². The highest BCUT2D eigenvalue weighted by Crippen LogP contribution is 2.25. The third-order valence-corrected chi connectivity index (χ3v) is 7.94. The average Bonchev–Trinajstić information content (AvgIpc) is 3.08. The van der Waals surface area contributed by atoms with Crippen molar-refractivity contribution >= 4 is 23.9 Å². The van der Waals surface area contributed by atoms with Crippen LogP contribution in [-0.2, 0) is 49.7 Å². The van der Waals surface area contributed by atoms with Gasteiger partial charge in [0.2, 0.25) is 11.8 Å². The molecule has 0 aliphatic carbocycles. The molecule has 3 N–H and O–H groups in total. The molecular weight excluding hydrogens is 634 g/mol. The topological polar surface area (TPSA) is 132 Å². The van der Waals surface area contributed by atoms with Crippen LogP contribution >= 0.6 is 0 Å². The van der Waals surface area contributed by atoms with Gasteiger partial charge in [0.1, 0.15) is 41.8 Å². The number of hydrogen-bond donors (Lipinski definition) is 3. The van der Waals surface area contributed by atoms with Gasteiger partial charge in [-0.05, 0) is 80.1 Å². The number of benzene rings is 4. The number of amides is 3. The molecule has 0 saturated carbocycles. The van der Waals surface area contributed by atoms with Crippen LogP contribution in [0.15, 0.2) is 109 Å². The predicted molar refractivity (Wildman–Crippen MR) is 188 cm³/mol. The normalized spacial score (nSPS) is 18.1. The summed E-state index contributed by atoms with van der Waals surface area (Å²) in [6, 6.07) is 30.1. The van der Waals surface area contributed by atoms with E-state index in [0.29, 0.717) is 23.5 Å². The highest BCUT2D eigenvalue weighted by Gasteiger charge is 2.32. The van der Waals surface area contributed by atoms with Crippen molar-refractivity contribution in [3.8, 4) is 11.5 Å². The lowest BCUT2D eigenvalue weighted by molar-refractivity contribution is -0.149. The number of carbonyl (C=O) groups excluding carboxylic acids is 4. The van der Waals surface area contributed by atoms with Crippen molar-refractivity contribution in [1.82, 2.24) is 16.0 Å². The summed E-state index contributed by atoms with van der Waals surface area (Å²) in [5, 5.41) is 8.42. The van der Waals surface area contributed by atoms with Crippen molar-refractivity contribution in [2.75, 3.05) is 0 Å². The highest BCUT2D eigenvalue weighted by atomic mass is 16.6. The molecule has 3 amide bonds. The monoisotopic (exact) mass is 677 g/mol. The molecule has 0 spiro atoms. The van der Waals surface area contributed by atoms with Crippen LogP contribution in [-0.4, -0.2) is 47.6 Å². The number of nitrogens with one attached hydrogen (secondary N) is 3. The lowest BCUT2D eigenvalue weighted by Gasteiger charge is -2.27. The molecule has 1 aliphatic rings. The van der Waals surface area contributed by atoms with E-state index in [-0.39, 0.29) is 25.9 Å². The summed E-state index contributed by atoms with van der Waals surface area (Å²) in [6.07, 6.45) is 0.115. The predicted octanol–water partition coefficient (Wildman–Crippen LogP) is 5.82. The number of fused-ring (bicyclic) bond motifs is 4. The van der Waals surface area contributed by atoms with Gasteiger partial charge in [-0.25, -0.2) is 9.59 Å². The molecule has 1 aliphatic heterocycles. The summed E-state index contributed by atoms with van der Waals surface area (Å²) in [5.41, 5.74) is 2.42. The first-order chi connectivity index (χ1) is 24.0. The van der Waals surface area contributed by atoms with Crippen LogP contribution in [0.2, 0.25) is 0 Å². The molecule has 10 nitrogen and oxygen atoms in total. The molecule has 4 aromatic rings. The second kappa shape index (κ2) is 16.6. The van der Waals surface area contributed by atoms with Crippen LogP contribution in [0.25, 0.3) is 0 Å². The molecule has 0 radical (unpaired) electrons. The zero-order chi connectivity index (χ0) is 35.5. The first kappa shape index (κ1) is 35.7. The van der Waals surface area contributed by atoms with Gasteiger partial charge in [0, 0.05) is 12.8 Å². The van der Waals surface area contributed by atoms with Crippen molar-refractivity contribution in [1.29, 1.82) is 0 Å². The van der Waals surface area contributed by atoms with E-state index < -0.39 is 47.6 Å². The highest BCUT2D eigenvalue weighted by molar-refractivity contribution is 5.93. The lowest BCUT2D eigenvalue weighted by Crippen LogP contribution is -2.57. The number of aryl methyl sites for hydroxylation is 1. The average molecular weight is 678 g/mol. The number of carbonyl (C=O) groups is 4. The standard InChI is InChI=1S/C40H43N3O7/c1-40(2,3)50-39(47)43-34-24-29-16-10-18-31(22-29)49-32-19-11-17-30(23-32)25-35(38(46)48-26-28-14-8-5-9-15-28)42-36(44)33(41-37(34)45)21-20-27-12-6-4-7-13-27/h4-19,22-23,33-35H,20-21,24-26H2,1-3H3,(H,41,45)(H,42,44)(H,43,47)/t33-,34-,35-/m0/s1. The van der Waals surface area contributed by atoms with Crippen molar-refractivity contribution in [3.63, 3.8) is 0 Å². The maximum atomic E-state index is 14.1. The molecule has 10 heteroatoms. The van der Waals surface area contributed by atoms with Crippen LogP contribution in [0.3, 0.4) is 0 Å². The van der Waals surface area contributed by atoms with Crippen LogP contribution in [0.5, 0.6) is 11.5 Å². The zero-order valence-corrected chi connectivity index (χ0v) is 28.5. The summed E-state index contributed by atoms with van der Waals surface area (Å²) in [6.45, 7) is 5.21. The quantitative estimate of drug-likeness (QED) is 0.210. The number of hydrogen-bond acceptors (Lipinski definition) is 7. The summed E-state index contributed by atoms with van der Waals surface area (Å²) in [7, 11) is 0. The molecule has 0 fully saturated rings. The second-order valence-electron chi connectivity index (χ2n) is 13.2. The Morgan fingerprint density at radius 1 is 0.760 bits per heavy atom. The molecule has 0 saturated heterocycles. The molecule has 50 heavy (non-hydrogen) atoms. The molecule has 4 aromatic carbocycles. The van der Waals surface area contributed by atoms with Gasteiger partial charge < -0.3 is 30.2 Å². The van der Waals surface area contributed by atoms with Crippen molar-refractivity contribution in [3.05, 3.63) is 131 Å². The van der Waals surface area contributed by atoms with Gasteiger partial charge in [0.15, 0.2) is 0 Å². The Morgan fingerprint density at radius 2 is 1.36 bits per heavy atom. The minimum atomic E-state index is -1.10. The molecule has 1 heterocycles. The van der Waals surface area contributed by atoms with E-state index in [1.54, 1.807) is 45.0 Å². The Hall–Kier alpha value is -5.64. The maximum absolute atomic E-state index is 14.1. The summed E-state index contributed by atoms with van der Waals surface area (Å²) in [5.74, 6) is -0.725. The van der Waals surface area contributed by atoms with Gasteiger partial charge >= 0.3 is 12.1 Å². The van der Waals surface area contributed by atoms with Gasteiger partial charge in [-0.2, -0.15) is 0 Å². The molecule has 5 rings (SSSR count). The minimum absolute atomic E-state index is 0.0255. The Bertz CT molecular complexity index is 1770. The number of esters is 1. The van der Waals surface area contributed by atoms with E-state index in [1.807, 2.05) is 84.9 Å². The van der Waals surface area contributed by atoms with Gasteiger partial charge in [-0.1, -0.05) is 84.9 Å². The molecular formula is C40H43N3O7. The summed E-state index contributed by atoms with van der Waals surface area (Å²) in [4.78, 5) is 54.6. The van der Waals surface area contributed by atoms with Crippen LogP contribution in [0, 0.1) is 0 Å². The molecule has 3 atom stereocenters. The van der Waals surface area contributed by atoms with Gasteiger partial charge in [-0.3, -0.25) is 9.59 Å². The first-order valence-electron chi connectivity index (χ1n) is 16.7. The van der Waals surface area contributed by atoms with Gasteiger partial charge in [0.25, 0.3) is 0 Å². The zero-order valence-electron chi connectivity index (χ0n) is 28.5. The third kappa shape index (κ3) is 10.9. The Kier molecular flexibility index (Phi) is 11.9. The maximum Gasteiger partial charge on any atom is 0.408 e.